The summed E-state index contributed by atoms with van der Waals surface area (Å²) >= 11 is 0. The van der Waals surface area contributed by atoms with Gasteiger partial charge in [-0.3, -0.25) is 9.38 Å². The monoisotopic (exact) mass is 319 g/mol. The molecule has 0 atom stereocenters. The van der Waals surface area contributed by atoms with Crippen LogP contribution in [0.25, 0.3) is 48.9 Å². The van der Waals surface area contributed by atoms with Gasteiger partial charge in [-0.1, -0.05) is 48.5 Å². The van der Waals surface area contributed by atoms with E-state index in [1.807, 2.05) is 24.8 Å². The smallest absolute Gasteiger partial charge is 0.0997 e. The lowest BCUT2D eigenvalue weighted by atomic mass is 9.97. The van der Waals surface area contributed by atoms with E-state index in [1.54, 1.807) is 0 Å². The molecular weight excluding hydrogens is 306 g/mol. The Hall–Kier alpha value is -3.46. The van der Waals surface area contributed by atoms with Crippen molar-refractivity contribution in [2.24, 2.45) is 0 Å². The molecule has 25 heavy (non-hydrogen) atoms. The van der Waals surface area contributed by atoms with E-state index in [9.17, 15) is 0 Å². The number of aromatic nitrogens is 3. The molecule has 6 aromatic rings. The Balaban J connectivity index is 2.00. The van der Waals surface area contributed by atoms with Crippen molar-refractivity contribution >= 4 is 48.9 Å². The molecule has 0 aliphatic rings. The van der Waals surface area contributed by atoms with E-state index in [-0.39, 0.29) is 0 Å². The fraction of sp³-hybridized carbons (Fsp3) is 0. The van der Waals surface area contributed by atoms with Gasteiger partial charge in [-0.2, -0.15) is 0 Å². The molecule has 3 aromatic heterocycles. The van der Waals surface area contributed by atoms with Gasteiger partial charge in [-0.15, -0.1) is 0 Å². The lowest BCUT2D eigenvalue weighted by Crippen LogP contribution is -1.92. The average molecular weight is 319 g/mol. The first-order valence-electron chi connectivity index (χ1n) is 8.35. The van der Waals surface area contributed by atoms with Crippen LogP contribution in [-0.2, 0) is 0 Å². The number of imidazole rings is 1. The van der Waals surface area contributed by atoms with E-state index in [0.717, 1.165) is 16.6 Å². The molecule has 0 fully saturated rings. The maximum absolute atomic E-state index is 4.64. The SMILES string of the molecule is c1ccc2c(c1)ccc1c2ccc2c1c1cccnc1c1cncn12. The molecule has 0 spiro atoms. The molecule has 0 saturated carbocycles. The summed E-state index contributed by atoms with van der Waals surface area (Å²) < 4.78 is 2.14. The normalized spacial score (nSPS) is 12.0. The fourth-order valence-corrected chi connectivity index (χ4v) is 4.03. The first kappa shape index (κ1) is 12.9. The van der Waals surface area contributed by atoms with Gasteiger partial charge in [-0.25, -0.2) is 4.98 Å². The van der Waals surface area contributed by atoms with E-state index in [4.69, 9.17) is 0 Å². The van der Waals surface area contributed by atoms with Crippen molar-refractivity contribution in [2.45, 2.75) is 0 Å². The van der Waals surface area contributed by atoms with Gasteiger partial charge in [0.25, 0.3) is 0 Å². The van der Waals surface area contributed by atoms with Crippen LogP contribution in [0.15, 0.2) is 79.4 Å². The number of rotatable bonds is 0. The van der Waals surface area contributed by atoms with Crippen molar-refractivity contribution < 1.29 is 0 Å². The molecule has 0 saturated heterocycles. The summed E-state index contributed by atoms with van der Waals surface area (Å²) in [5.74, 6) is 0. The number of pyridine rings is 2. The molecule has 116 valence electrons. The molecule has 3 aromatic carbocycles. The van der Waals surface area contributed by atoms with E-state index in [0.29, 0.717) is 0 Å². The highest BCUT2D eigenvalue weighted by molar-refractivity contribution is 6.25. The topological polar surface area (TPSA) is 30.2 Å². The predicted octanol–water partition coefficient (Wildman–Crippen LogP) is 5.34. The van der Waals surface area contributed by atoms with Crippen molar-refractivity contribution in [3.05, 3.63) is 79.4 Å². The van der Waals surface area contributed by atoms with Gasteiger partial charge in [-0.05, 0) is 33.7 Å². The second-order valence-corrected chi connectivity index (χ2v) is 6.39. The molecule has 0 bridgehead atoms. The molecule has 0 aliphatic carbocycles. The summed E-state index contributed by atoms with van der Waals surface area (Å²) in [4.78, 5) is 8.99. The summed E-state index contributed by atoms with van der Waals surface area (Å²) in [6.07, 6.45) is 5.61. The summed E-state index contributed by atoms with van der Waals surface area (Å²) in [6.45, 7) is 0. The summed E-state index contributed by atoms with van der Waals surface area (Å²) in [6, 6.07) is 21.6. The lowest BCUT2D eigenvalue weighted by molar-refractivity contribution is 1.21. The molecule has 3 heterocycles. The first-order chi connectivity index (χ1) is 12.4. The molecule has 0 amide bonds. The largest absolute Gasteiger partial charge is 0.297 e. The van der Waals surface area contributed by atoms with Gasteiger partial charge in [0.2, 0.25) is 0 Å². The molecule has 0 unspecified atom stereocenters. The van der Waals surface area contributed by atoms with Crippen LogP contribution in [0.5, 0.6) is 0 Å². The van der Waals surface area contributed by atoms with Crippen LogP contribution in [0.2, 0.25) is 0 Å². The molecule has 0 radical (unpaired) electrons. The second kappa shape index (κ2) is 4.54. The van der Waals surface area contributed by atoms with Gasteiger partial charge >= 0.3 is 0 Å². The maximum Gasteiger partial charge on any atom is 0.0997 e. The third-order valence-electron chi connectivity index (χ3n) is 5.12. The van der Waals surface area contributed by atoms with Crippen molar-refractivity contribution in [1.82, 2.24) is 14.4 Å². The van der Waals surface area contributed by atoms with Gasteiger partial charge in [0.15, 0.2) is 0 Å². The van der Waals surface area contributed by atoms with E-state index >= 15 is 0 Å². The van der Waals surface area contributed by atoms with Crippen LogP contribution < -0.4 is 0 Å². The highest BCUT2D eigenvalue weighted by Gasteiger charge is 2.13. The molecule has 6 rings (SSSR count). The lowest BCUT2D eigenvalue weighted by Gasteiger charge is -2.12. The van der Waals surface area contributed by atoms with E-state index in [1.165, 1.54) is 32.3 Å². The summed E-state index contributed by atoms with van der Waals surface area (Å²) in [5, 5.41) is 7.48. The Bertz CT molecular complexity index is 1440. The van der Waals surface area contributed by atoms with Gasteiger partial charge < -0.3 is 0 Å². The van der Waals surface area contributed by atoms with Gasteiger partial charge in [0, 0.05) is 17.0 Å². The zero-order chi connectivity index (χ0) is 16.4. The molecule has 3 heteroatoms. The van der Waals surface area contributed by atoms with Crippen LogP contribution in [0, 0.1) is 0 Å². The maximum atomic E-state index is 4.64. The quantitative estimate of drug-likeness (QED) is 0.354. The predicted molar refractivity (Wildman–Crippen MR) is 103 cm³/mol. The van der Waals surface area contributed by atoms with Crippen LogP contribution in [0.3, 0.4) is 0 Å². The minimum absolute atomic E-state index is 0.994. The van der Waals surface area contributed by atoms with Crippen molar-refractivity contribution in [2.75, 3.05) is 0 Å². The van der Waals surface area contributed by atoms with E-state index in [2.05, 4.69) is 69.0 Å². The van der Waals surface area contributed by atoms with Crippen LogP contribution in [-0.4, -0.2) is 14.4 Å². The van der Waals surface area contributed by atoms with E-state index < -0.39 is 0 Å². The summed E-state index contributed by atoms with van der Waals surface area (Å²) in [7, 11) is 0. The first-order valence-corrected chi connectivity index (χ1v) is 8.35. The minimum atomic E-state index is 0.994. The molecular formula is C22H13N3. The minimum Gasteiger partial charge on any atom is -0.297 e. The Morgan fingerprint density at radius 3 is 2.56 bits per heavy atom. The highest BCUT2D eigenvalue weighted by Crippen LogP contribution is 2.36. The Kier molecular flexibility index (Phi) is 2.35. The van der Waals surface area contributed by atoms with Gasteiger partial charge in [0.05, 0.1) is 29.1 Å². The fourth-order valence-electron chi connectivity index (χ4n) is 4.03. The second-order valence-electron chi connectivity index (χ2n) is 6.39. The van der Waals surface area contributed by atoms with Crippen LogP contribution >= 0.6 is 0 Å². The number of fused-ring (bicyclic) bond motifs is 10. The molecule has 3 nitrogen and oxygen atoms in total. The highest BCUT2D eigenvalue weighted by atomic mass is 15.0. The number of hydrogen-bond acceptors (Lipinski definition) is 2. The van der Waals surface area contributed by atoms with Crippen molar-refractivity contribution in [3.63, 3.8) is 0 Å². The third kappa shape index (κ3) is 1.59. The van der Waals surface area contributed by atoms with Crippen molar-refractivity contribution in [3.8, 4) is 0 Å². The number of benzene rings is 3. The van der Waals surface area contributed by atoms with Crippen LogP contribution in [0.4, 0.5) is 0 Å². The van der Waals surface area contributed by atoms with Crippen molar-refractivity contribution in [1.29, 1.82) is 0 Å². The standard InChI is InChI=1S/C22H13N3/c1-2-5-15-14(4-1)7-8-17-16(15)9-10-19-21(17)18-6-3-11-24-22(18)20-12-23-13-25(19)20/h1-13H. The Morgan fingerprint density at radius 2 is 1.56 bits per heavy atom. The zero-order valence-electron chi connectivity index (χ0n) is 13.3. The Morgan fingerprint density at radius 1 is 0.680 bits per heavy atom. The third-order valence-corrected chi connectivity index (χ3v) is 5.12. The Labute approximate surface area is 143 Å². The zero-order valence-corrected chi connectivity index (χ0v) is 13.3. The number of hydrogen-bond donors (Lipinski definition) is 0. The molecule has 0 aliphatic heterocycles. The van der Waals surface area contributed by atoms with Crippen LogP contribution in [0.1, 0.15) is 0 Å². The summed E-state index contributed by atoms with van der Waals surface area (Å²) in [5.41, 5.74) is 3.20. The average Bonchev–Trinajstić information content (AvgIpc) is 3.17. The van der Waals surface area contributed by atoms with Gasteiger partial charge in [0.1, 0.15) is 0 Å². The molecule has 0 N–H and O–H groups in total. The number of nitrogens with zero attached hydrogens (tertiary/aromatic N) is 3.